The summed E-state index contributed by atoms with van der Waals surface area (Å²) in [4.78, 5) is 34.3. The van der Waals surface area contributed by atoms with Gasteiger partial charge in [0, 0.05) is 37.1 Å². The van der Waals surface area contributed by atoms with Crippen LogP contribution < -0.4 is 15.1 Å². The van der Waals surface area contributed by atoms with Crippen molar-refractivity contribution in [3.05, 3.63) is 63.0 Å². The van der Waals surface area contributed by atoms with Gasteiger partial charge in [-0.15, -0.1) is 11.3 Å². The van der Waals surface area contributed by atoms with E-state index in [0.29, 0.717) is 35.6 Å². The number of nitriles is 1. The first-order valence-electron chi connectivity index (χ1n) is 12.0. The smallest absolute Gasteiger partial charge is 0.356 e. The van der Waals surface area contributed by atoms with Gasteiger partial charge in [-0.25, -0.2) is 24.7 Å². The third-order valence-electron chi connectivity index (χ3n) is 6.39. The van der Waals surface area contributed by atoms with Gasteiger partial charge < -0.3 is 20.2 Å². The van der Waals surface area contributed by atoms with E-state index >= 15 is 0 Å². The molecule has 38 heavy (non-hydrogen) atoms. The minimum absolute atomic E-state index is 0.103. The molecule has 1 saturated heterocycles. The van der Waals surface area contributed by atoms with Gasteiger partial charge in [-0.1, -0.05) is 17.7 Å². The van der Waals surface area contributed by atoms with Gasteiger partial charge in [-0.3, -0.25) is 0 Å². The van der Waals surface area contributed by atoms with E-state index in [4.69, 9.17) is 16.6 Å². The molecule has 1 atom stereocenters. The van der Waals surface area contributed by atoms with E-state index in [1.54, 1.807) is 23.5 Å². The summed E-state index contributed by atoms with van der Waals surface area (Å²) in [5.41, 5.74) is 4.53. The molecule has 0 saturated carbocycles. The standard InChI is InChI=1S/C26H25ClN8O2S/c1-14-10-17(16(3)30-18-4-5-21(27)32-23(18)25(36)37)22-19(11-14)31-20(12-28)24(33-22)34-6-8-35(9-7-34)26-29-15(2)13-38-26/h4-5,10-11,13,16,30H,6-9H2,1-3H3,(H,36,37)/t16-/m1/s1. The number of benzene rings is 1. The van der Waals surface area contributed by atoms with Gasteiger partial charge in [0.1, 0.15) is 11.2 Å². The highest BCUT2D eigenvalue weighted by Gasteiger charge is 2.25. The SMILES string of the molecule is Cc1cc([C@@H](C)Nc2ccc(Cl)nc2C(=O)O)c2nc(N3CCN(c4nc(C)cs4)CC3)c(C#N)nc2c1. The first kappa shape index (κ1) is 25.6. The number of thiazole rings is 1. The minimum Gasteiger partial charge on any atom is -0.476 e. The number of hydrogen-bond donors (Lipinski definition) is 2. The number of nitrogens with zero attached hydrogens (tertiary/aromatic N) is 7. The summed E-state index contributed by atoms with van der Waals surface area (Å²) in [6.07, 6.45) is 0. The molecule has 194 valence electrons. The maximum absolute atomic E-state index is 11.7. The quantitative estimate of drug-likeness (QED) is 0.323. The molecule has 5 rings (SSSR count). The predicted octanol–water partition coefficient (Wildman–Crippen LogP) is 4.82. The Morgan fingerprint density at radius 3 is 2.53 bits per heavy atom. The second-order valence-corrected chi connectivity index (χ2v) is 10.4. The third-order valence-corrected chi connectivity index (χ3v) is 7.62. The lowest BCUT2D eigenvalue weighted by atomic mass is 10.0. The second-order valence-electron chi connectivity index (χ2n) is 9.18. The molecular weight excluding hydrogens is 524 g/mol. The van der Waals surface area contributed by atoms with E-state index < -0.39 is 5.97 Å². The number of halogens is 1. The van der Waals surface area contributed by atoms with Crippen molar-refractivity contribution in [2.75, 3.05) is 41.3 Å². The number of aryl methyl sites for hydroxylation is 2. The van der Waals surface area contributed by atoms with Crippen LogP contribution in [0.5, 0.6) is 0 Å². The first-order chi connectivity index (χ1) is 18.2. The van der Waals surface area contributed by atoms with Crippen molar-refractivity contribution in [2.45, 2.75) is 26.8 Å². The number of aromatic carboxylic acids is 1. The number of pyridine rings is 1. The Hall–Kier alpha value is -4.01. The fourth-order valence-electron chi connectivity index (χ4n) is 4.57. The number of carbonyl (C=O) groups is 1. The average Bonchev–Trinajstić information content (AvgIpc) is 3.34. The summed E-state index contributed by atoms with van der Waals surface area (Å²) in [6.45, 7) is 8.74. The zero-order chi connectivity index (χ0) is 27.0. The molecule has 12 heteroatoms. The highest BCUT2D eigenvalue weighted by molar-refractivity contribution is 7.13. The number of rotatable bonds is 6. The maximum Gasteiger partial charge on any atom is 0.356 e. The number of carboxylic acids is 1. The van der Waals surface area contributed by atoms with Crippen molar-refractivity contribution in [3.63, 3.8) is 0 Å². The molecule has 0 bridgehead atoms. The topological polar surface area (TPSA) is 131 Å². The number of nitrogens with one attached hydrogen (secondary N) is 1. The number of carboxylic acid groups (broad SMARTS) is 1. The Morgan fingerprint density at radius 2 is 1.87 bits per heavy atom. The van der Waals surface area contributed by atoms with Crippen LogP contribution in [-0.2, 0) is 0 Å². The second kappa shape index (κ2) is 10.4. The summed E-state index contributed by atoms with van der Waals surface area (Å²) in [5.74, 6) is -0.629. The number of fused-ring (bicyclic) bond motifs is 1. The normalized spacial score (nSPS) is 14.4. The van der Waals surface area contributed by atoms with Gasteiger partial charge in [-0.05, 0) is 44.5 Å². The number of aromatic nitrogens is 4. The molecule has 10 nitrogen and oxygen atoms in total. The largest absolute Gasteiger partial charge is 0.476 e. The number of hydrogen-bond acceptors (Lipinski definition) is 10. The Labute approximate surface area is 228 Å². The molecule has 2 N–H and O–H groups in total. The molecule has 4 heterocycles. The molecule has 0 radical (unpaired) electrons. The highest BCUT2D eigenvalue weighted by Crippen LogP contribution is 2.31. The average molecular weight is 549 g/mol. The van der Waals surface area contributed by atoms with Gasteiger partial charge in [-0.2, -0.15) is 5.26 Å². The van der Waals surface area contributed by atoms with Crippen molar-refractivity contribution in [2.24, 2.45) is 0 Å². The molecule has 4 aromatic rings. The van der Waals surface area contributed by atoms with Crippen molar-refractivity contribution in [1.29, 1.82) is 5.26 Å². The fourth-order valence-corrected chi connectivity index (χ4v) is 5.58. The van der Waals surface area contributed by atoms with Crippen LogP contribution >= 0.6 is 22.9 Å². The molecule has 1 aliphatic rings. The summed E-state index contributed by atoms with van der Waals surface area (Å²) >= 11 is 7.55. The molecular formula is C26H25ClN8O2S. The van der Waals surface area contributed by atoms with Gasteiger partial charge in [0.15, 0.2) is 22.3 Å². The lowest BCUT2D eigenvalue weighted by Crippen LogP contribution is -2.47. The Balaban J connectivity index is 1.48. The molecule has 0 spiro atoms. The van der Waals surface area contributed by atoms with Gasteiger partial charge >= 0.3 is 5.97 Å². The number of anilines is 3. The lowest BCUT2D eigenvalue weighted by Gasteiger charge is -2.35. The number of piperazine rings is 1. The third kappa shape index (κ3) is 5.05. The van der Waals surface area contributed by atoms with Crippen LogP contribution in [0.2, 0.25) is 5.15 Å². The van der Waals surface area contributed by atoms with Crippen molar-refractivity contribution >= 4 is 56.6 Å². The molecule has 3 aromatic heterocycles. The monoisotopic (exact) mass is 548 g/mol. The molecule has 0 aliphatic carbocycles. The summed E-state index contributed by atoms with van der Waals surface area (Å²) < 4.78 is 0. The van der Waals surface area contributed by atoms with Crippen molar-refractivity contribution in [3.8, 4) is 6.07 Å². The van der Waals surface area contributed by atoms with Crippen LogP contribution in [0.1, 0.15) is 46.0 Å². The van der Waals surface area contributed by atoms with Crippen LogP contribution in [0.25, 0.3) is 11.0 Å². The molecule has 0 unspecified atom stereocenters. The van der Waals surface area contributed by atoms with Crippen LogP contribution in [-0.4, -0.2) is 57.2 Å². The Bertz CT molecular complexity index is 1580. The maximum atomic E-state index is 11.7. The van der Waals surface area contributed by atoms with E-state index in [9.17, 15) is 15.2 Å². The first-order valence-corrected chi connectivity index (χ1v) is 13.3. The predicted molar refractivity (Wildman–Crippen MR) is 149 cm³/mol. The van der Waals surface area contributed by atoms with Gasteiger partial charge in [0.2, 0.25) is 0 Å². The van der Waals surface area contributed by atoms with Crippen LogP contribution in [0.4, 0.5) is 16.6 Å². The van der Waals surface area contributed by atoms with Gasteiger partial charge in [0.25, 0.3) is 0 Å². The van der Waals surface area contributed by atoms with E-state index in [-0.39, 0.29) is 22.6 Å². The zero-order valence-electron chi connectivity index (χ0n) is 21.1. The van der Waals surface area contributed by atoms with Crippen molar-refractivity contribution in [1.82, 2.24) is 19.9 Å². The van der Waals surface area contributed by atoms with Crippen molar-refractivity contribution < 1.29 is 9.90 Å². The molecule has 1 aromatic carbocycles. The van der Waals surface area contributed by atoms with E-state index in [1.807, 2.05) is 38.3 Å². The molecule has 1 fully saturated rings. The minimum atomic E-state index is -1.18. The van der Waals surface area contributed by atoms with Gasteiger partial charge in [0.05, 0.1) is 28.5 Å². The Kier molecular flexibility index (Phi) is 7.01. The summed E-state index contributed by atoms with van der Waals surface area (Å²) in [7, 11) is 0. The van der Waals surface area contributed by atoms with E-state index in [0.717, 1.165) is 35.0 Å². The summed E-state index contributed by atoms with van der Waals surface area (Å²) in [6, 6.07) is 8.93. The van der Waals surface area contributed by atoms with Crippen LogP contribution in [0.15, 0.2) is 29.6 Å². The molecule has 1 aliphatic heterocycles. The highest BCUT2D eigenvalue weighted by atomic mass is 35.5. The molecule has 0 amide bonds. The van der Waals surface area contributed by atoms with Crippen LogP contribution in [0.3, 0.4) is 0 Å². The lowest BCUT2D eigenvalue weighted by molar-refractivity contribution is 0.0691. The van der Waals surface area contributed by atoms with Crippen LogP contribution in [0, 0.1) is 25.2 Å². The Morgan fingerprint density at radius 1 is 1.13 bits per heavy atom. The zero-order valence-corrected chi connectivity index (χ0v) is 22.6. The van der Waals surface area contributed by atoms with E-state index in [2.05, 4.69) is 36.1 Å². The fraction of sp³-hybridized carbons (Fsp3) is 0.308. The van der Waals surface area contributed by atoms with E-state index in [1.165, 1.54) is 0 Å². The summed E-state index contributed by atoms with van der Waals surface area (Å²) in [5, 5.41) is 25.9.